The number of ether oxygens (including phenoxy) is 1. The molecule has 2 aliphatic carbocycles. The Balaban J connectivity index is 1.29. The standard InChI is InChI=1S/C27H32N2O5/c1-16(2)24(14-25(30)31)29-26(32)17-11-12-18(13-17)28-27(33)34-15-23-21-9-5-3-7-19(21)20-8-4-6-10-22(20)23/h3-10,16-18,23-24H,11-15H2,1-2H3,(H,28,33)(H,29,32)(H,30,31)/t17-,18+,24?/m0/s1. The molecule has 0 bridgehead atoms. The minimum atomic E-state index is -0.930. The monoisotopic (exact) mass is 464 g/mol. The van der Waals surface area contributed by atoms with Crippen LogP contribution in [-0.4, -0.2) is 41.8 Å². The number of carboxylic acid groups (broad SMARTS) is 1. The summed E-state index contributed by atoms with van der Waals surface area (Å²) in [6.07, 6.45) is 1.29. The van der Waals surface area contributed by atoms with Crippen molar-refractivity contribution < 1.29 is 24.2 Å². The molecule has 0 radical (unpaired) electrons. The normalized spacial score (nSPS) is 19.9. The van der Waals surface area contributed by atoms with E-state index in [9.17, 15) is 14.4 Å². The number of amides is 2. The number of carbonyl (C=O) groups excluding carboxylic acids is 2. The van der Waals surface area contributed by atoms with Crippen LogP contribution in [0.25, 0.3) is 11.1 Å². The molecule has 180 valence electrons. The third-order valence-corrected chi connectivity index (χ3v) is 7.00. The van der Waals surface area contributed by atoms with Crippen molar-refractivity contribution in [1.29, 1.82) is 0 Å². The number of hydrogen-bond acceptors (Lipinski definition) is 4. The molecular weight excluding hydrogens is 432 g/mol. The fourth-order valence-corrected chi connectivity index (χ4v) is 5.10. The van der Waals surface area contributed by atoms with Crippen LogP contribution in [0.1, 0.15) is 56.6 Å². The maximum absolute atomic E-state index is 12.7. The highest BCUT2D eigenvalue weighted by Gasteiger charge is 2.33. The van der Waals surface area contributed by atoms with E-state index in [2.05, 4.69) is 34.9 Å². The Morgan fingerprint density at radius 3 is 2.21 bits per heavy atom. The van der Waals surface area contributed by atoms with Crippen LogP contribution < -0.4 is 10.6 Å². The summed E-state index contributed by atoms with van der Waals surface area (Å²) < 4.78 is 5.62. The summed E-state index contributed by atoms with van der Waals surface area (Å²) in [6, 6.07) is 15.8. The van der Waals surface area contributed by atoms with Crippen molar-refractivity contribution in [3.05, 3.63) is 59.7 Å². The second kappa shape index (κ2) is 10.3. The van der Waals surface area contributed by atoms with Crippen molar-refractivity contribution in [3.63, 3.8) is 0 Å². The Morgan fingerprint density at radius 1 is 1.00 bits per heavy atom. The maximum Gasteiger partial charge on any atom is 0.407 e. The smallest absolute Gasteiger partial charge is 0.407 e. The molecule has 2 aromatic rings. The summed E-state index contributed by atoms with van der Waals surface area (Å²) in [4.78, 5) is 36.3. The molecule has 0 heterocycles. The lowest BCUT2D eigenvalue weighted by Gasteiger charge is -2.22. The molecule has 0 saturated heterocycles. The first-order valence-electron chi connectivity index (χ1n) is 12.0. The molecule has 0 spiro atoms. The Morgan fingerprint density at radius 2 is 1.62 bits per heavy atom. The summed E-state index contributed by atoms with van der Waals surface area (Å²) in [5, 5.41) is 14.9. The number of nitrogens with one attached hydrogen (secondary N) is 2. The van der Waals surface area contributed by atoms with Gasteiger partial charge in [0.2, 0.25) is 5.91 Å². The highest BCUT2D eigenvalue weighted by Crippen LogP contribution is 2.44. The van der Waals surface area contributed by atoms with Gasteiger partial charge in [-0.15, -0.1) is 0 Å². The van der Waals surface area contributed by atoms with Gasteiger partial charge in [0, 0.05) is 23.9 Å². The zero-order valence-electron chi connectivity index (χ0n) is 19.6. The molecule has 1 fully saturated rings. The summed E-state index contributed by atoms with van der Waals surface area (Å²) in [7, 11) is 0. The van der Waals surface area contributed by atoms with Crippen LogP contribution in [0.3, 0.4) is 0 Å². The van der Waals surface area contributed by atoms with E-state index in [1.807, 2.05) is 38.1 Å². The molecule has 4 rings (SSSR count). The van der Waals surface area contributed by atoms with E-state index >= 15 is 0 Å². The molecule has 7 heteroatoms. The summed E-state index contributed by atoms with van der Waals surface area (Å²) in [6.45, 7) is 4.04. The van der Waals surface area contributed by atoms with Gasteiger partial charge >= 0.3 is 12.1 Å². The fourth-order valence-electron chi connectivity index (χ4n) is 5.10. The van der Waals surface area contributed by atoms with Crippen LogP contribution in [-0.2, 0) is 14.3 Å². The van der Waals surface area contributed by atoms with E-state index in [1.165, 1.54) is 11.1 Å². The average Bonchev–Trinajstić information content (AvgIpc) is 3.39. The van der Waals surface area contributed by atoms with E-state index in [0.717, 1.165) is 11.1 Å². The largest absolute Gasteiger partial charge is 0.481 e. The van der Waals surface area contributed by atoms with Gasteiger partial charge in [0.25, 0.3) is 0 Å². The minimum absolute atomic E-state index is 0.00227. The van der Waals surface area contributed by atoms with E-state index in [-0.39, 0.29) is 42.7 Å². The molecule has 34 heavy (non-hydrogen) atoms. The third-order valence-electron chi connectivity index (χ3n) is 7.00. The summed E-state index contributed by atoms with van der Waals surface area (Å²) in [5.74, 6) is -1.29. The first kappa shape index (κ1) is 23.8. The number of hydrogen-bond donors (Lipinski definition) is 3. The second-order valence-electron chi connectivity index (χ2n) is 9.63. The number of rotatable bonds is 8. The van der Waals surface area contributed by atoms with Crippen LogP contribution in [0.2, 0.25) is 0 Å². The molecule has 0 aliphatic heterocycles. The lowest BCUT2D eigenvalue weighted by atomic mass is 9.98. The van der Waals surface area contributed by atoms with Gasteiger partial charge in [-0.25, -0.2) is 4.79 Å². The molecule has 3 N–H and O–H groups in total. The molecule has 1 unspecified atom stereocenters. The van der Waals surface area contributed by atoms with Gasteiger partial charge in [0.05, 0.1) is 6.42 Å². The van der Waals surface area contributed by atoms with Crippen LogP contribution in [0.15, 0.2) is 48.5 Å². The average molecular weight is 465 g/mol. The van der Waals surface area contributed by atoms with Crippen molar-refractivity contribution in [1.82, 2.24) is 10.6 Å². The van der Waals surface area contributed by atoms with Crippen LogP contribution in [0.4, 0.5) is 4.79 Å². The second-order valence-corrected chi connectivity index (χ2v) is 9.63. The molecule has 7 nitrogen and oxygen atoms in total. The van der Waals surface area contributed by atoms with Crippen molar-refractivity contribution in [2.75, 3.05) is 6.61 Å². The summed E-state index contributed by atoms with van der Waals surface area (Å²) in [5.41, 5.74) is 4.68. The van der Waals surface area contributed by atoms with Crippen molar-refractivity contribution >= 4 is 18.0 Å². The van der Waals surface area contributed by atoms with Crippen LogP contribution in [0, 0.1) is 11.8 Å². The van der Waals surface area contributed by atoms with E-state index < -0.39 is 18.1 Å². The fraction of sp³-hybridized carbons (Fsp3) is 0.444. The predicted octanol–water partition coefficient (Wildman–Crippen LogP) is 4.31. The molecule has 2 aromatic carbocycles. The first-order chi connectivity index (χ1) is 16.3. The van der Waals surface area contributed by atoms with Gasteiger partial charge in [0.15, 0.2) is 0 Å². The van der Waals surface area contributed by atoms with Gasteiger partial charge in [0.1, 0.15) is 6.61 Å². The molecule has 2 aliphatic rings. The molecule has 1 saturated carbocycles. The number of carboxylic acids is 1. The van der Waals surface area contributed by atoms with Gasteiger partial charge in [-0.05, 0) is 47.4 Å². The number of benzene rings is 2. The lowest BCUT2D eigenvalue weighted by Crippen LogP contribution is -2.43. The number of aliphatic carboxylic acids is 1. The topological polar surface area (TPSA) is 105 Å². The molecule has 0 aromatic heterocycles. The van der Waals surface area contributed by atoms with Gasteiger partial charge < -0.3 is 20.5 Å². The van der Waals surface area contributed by atoms with E-state index in [4.69, 9.17) is 9.84 Å². The SMILES string of the molecule is CC(C)C(CC(=O)O)NC(=O)[C@H]1CC[C@@H](NC(=O)OCC2c3ccccc3-c3ccccc32)C1. The first-order valence-corrected chi connectivity index (χ1v) is 12.0. The minimum Gasteiger partial charge on any atom is -0.481 e. The predicted molar refractivity (Wildman–Crippen MR) is 128 cm³/mol. The van der Waals surface area contributed by atoms with Crippen LogP contribution in [0.5, 0.6) is 0 Å². The zero-order valence-corrected chi connectivity index (χ0v) is 19.6. The molecular formula is C27H32N2O5. The Labute approximate surface area is 199 Å². The maximum atomic E-state index is 12.7. The van der Waals surface area contributed by atoms with Crippen molar-refractivity contribution in [3.8, 4) is 11.1 Å². The van der Waals surface area contributed by atoms with E-state index in [0.29, 0.717) is 19.3 Å². The summed E-state index contributed by atoms with van der Waals surface area (Å²) >= 11 is 0. The highest BCUT2D eigenvalue weighted by molar-refractivity contribution is 5.81. The lowest BCUT2D eigenvalue weighted by molar-refractivity contribution is -0.138. The van der Waals surface area contributed by atoms with E-state index in [1.54, 1.807) is 0 Å². The molecule has 3 atom stereocenters. The van der Waals surface area contributed by atoms with Crippen molar-refractivity contribution in [2.45, 2.75) is 57.5 Å². The Bertz CT molecular complexity index is 1020. The van der Waals surface area contributed by atoms with Gasteiger partial charge in [-0.3, -0.25) is 9.59 Å². The quantitative estimate of drug-likeness (QED) is 0.540. The Hall–Kier alpha value is -3.35. The molecule has 2 amide bonds. The van der Waals surface area contributed by atoms with Gasteiger partial charge in [-0.1, -0.05) is 62.4 Å². The van der Waals surface area contributed by atoms with Gasteiger partial charge in [-0.2, -0.15) is 0 Å². The van der Waals surface area contributed by atoms with Crippen LogP contribution >= 0.6 is 0 Å². The number of alkyl carbamates (subject to hydrolysis) is 1. The Kier molecular flexibility index (Phi) is 7.20. The number of carbonyl (C=O) groups is 3. The van der Waals surface area contributed by atoms with Crippen molar-refractivity contribution in [2.24, 2.45) is 11.8 Å². The number of fused-ring (bicyclic) bond motifs is 3. The third kappa shape index (κ3) is 5.24. The zero-order chi connectivity index (χ0) is 24.2. The highest BCUT2D eigenvalue weighted by atomic mass is 16.5.